The van der Waals surface area contributed by atoms with Crippen molar-refractivity contribution >= 4 is 35.0 Å². The molecule has 0 aliphatic heterocycles. The Labute approximate surface area is 154 Å². The van der Waals surface area contributed by atoms with Crippen LogP contribution in [0.15, 0.2) is 41.6 Å². The third kappa shape index (κ3) is 3.99. The lowest BCUT2D eigenvalue weighted by Gasteiger charge is -2.11. The van der Waals surface area contributed by atoms with E-state index in [2.05, 4.69) is 25.8 Å². The number of aryl methyl sites for hydroxylation is 2. The molecule has 1 atom stereocenters. The summed E-state index contributed by atoms with van der Waals surface area (Å²) >= 11 is 1.21. The van der Waals surface area contributed by atoms with Gasteiger partial charge in [-0.2, -0.15) is 0 Å². The second kappa shape index (κ2) is 7.52. The van der Waals surface area contributed by atoms with Gasteiger partial charge in [0.15, 0.2) is 10.8 Å². The van der Waals surface area contributed by atoms with Gasteiger partial charge in [-0.05, 0) is 32.9 Å². The number of nitrogens with one attached hydrogen (secondary N) is 2. The number of benzene rings is 1. The Morgan fingerprint density at radius 2 is 1.88 bits per heavy atom. The van der Waals surface area contributed by atoms with E-state index in [0.29, 0.717) is 16.5 Å². The van der Waals surface area contributed by atoms with Gasteiger partial charge < -0.3 is 5.32 Å². The first kappa shape index (κ1) is 17.9. The van der Waals surface area contributed by atoms with E-state index >= 15 is 0 Å². The smallest absolute Gasteiger partial charge is 0.308 e. The molecule has 0 radical (unpaired) electrons. The summed E-state index contributed by atoms with van der Waals surface area (Å²) in [6.45, 7) is 5.44. The number of hydrogen-bond donors (Lipinski definition) is 2. The van der Waals surface area contributed by atoms with Gasteiger partial charge in [-0.25, -0.2) is 9.78 Å². The maximum absolute atomic E-state index is 12.3. The highest BCUT2D eigenvalue weighted by Gasteiger charge is 2.20. The first-order valence-electron chi connectivity index (χ1n) is 7.97. The minimum atomic E-state index is -0.576. The van der Waals surface area contributed by atoms with Crippen LogP contribution in [0.2, 0.25) is 0 Å². The van der Waals surface area contributed by atoms with Crippen LogP contribution in [0.1, 0.15) is 18.4 Å². The monoisotopic (exact) mass is 370 g/mol. The molecule has 1 aromatic carbocycles. The number of amides is 3. The van der Waals surface area contributed by atoms with E-state index in [1.807, 2.05) is 26.0 Å². The third-order valence-corrected chi connectivity index (χ3v) is 4.62. The molecule has 0 fully saturated rings. The normalized spacial score (nSPS) is 12.0. The van der Waals surface area contributed by atoms with Crippen molar-refractivity contribution in [2.45, 2.75) is 31.2 Å². The Morgan fingerprint density at radius 3 is 2.62 bits per heavy atom. The molecule has 3 rings (SSSR count). The molecule has 2 aromatic heterocycles. The number of carbonyl (C=O) groups excluding carboxylic acids is 2. The van der Waals surface area contributed by atoms with Crippen LogP contribution in [-0.2, 0) is 4.79 Å². The lowest BCUT2D eigenvalue weighted by molar-refractivity contribution is -0.119. The fraction of sp³-hybridized carbons (Fsp3) is 0.235. The molecular weight excluding hydrogens is 352 g/mol. The number of fused-ring (bicyclic) bond motifs is 1. The van der Waals surface area contributed by atoms with Gasteiger partial charge in [0.25, 0.3) is 0 Å². The average Bonchev–Trinajstić information content (AvgIpc) is 2.98. The van der Waals surface area contributed by atoms with E-state index in [4.69, 9.17) is 0 Å². The Kier molecular flexibility index (Phi) is 5.17. The highest BCUT2D eigenvalue weighted by Crippen LogP contribution is 2.23. The van der Waals surface area contributed by atoms with Gasteiger partial charge in [0.1, 0.15) is 5.82 Å². The summed E-state index contributed by atoms with van der Waals surface area (Å²) in [5.41, 5.74) is 2.13. The second-order valence-electron chi connectivity index (χ2n) is 5.69. The highest BCUT2D eigenvalue weighted by molar-refractivity contribution is 8.00. The van der Waals surface area contributed by atoms with E-state index in [1.54, 1.807) is 35.6 Å². The number of para-hydroxylation sites is 1. The van der Waals surface area contributed by atoms with Gasteiger partial charge >= 0.3 is 6.03 Å². The number of thioether (sulfide) groups is 1. The maximum Gasteiger partial charge on any atom is 0.325 e. The zero-order chi connectivity index (χ0) is 18.7. The van der Waals surface area contributed by atoms with Crippen molar-refractivity contribution in [3.63, 3.8) is 0 Å². The summed E-state index contributed by atoms with van der Waals surface area (Å²) in [7, 11) is 0. The van der Waals surface area contributed by atoms with Gasteiger partial charge in [-0.3, -0.25) is 14.5 Å². The Morgan fingerprint density at radius 1 is 1.15 bits per heavy atom. The predicted octanol–water partition coefficient (Wildman–Crippen LogP) is 2.57. The number of aromatic nitrogens is 4. The molecule has 0 saturated heterocycles. The Hall–Kier alpha value is -2.94. The van der Waals surface area contributed by atoms with E-state index in [9.17, 15) is 9.59 Å². The van der Waals surface area contributed by atoms with Crippen molar-refractivity contribution in [1.82, 2.24) is 24.9 Å². The molecule has 0 spiro atoms. The van der Waals surface area contributed by atoms with Crippen LogP contribution >= 0.6 is 11.8 Å². The number of rotatable bonds is 4. The molecule has 0 aliphatic rings. The lowest BCUT2D eigenvalue weighted by atomic mass is 10.3. The van der Waals surface area contributed by atoms with Crippen LogP contribution in [0.5, 0.6) is 0 Å². The number of imide groups is 1. The zero-order valence-electron chi connectivity index (χ0n) is 14.6. The average molecular weight is 370 g/mol. The molecule has 2 N–H and O–H groups in total. The summed E-state index contributed by atoms with van der Waals surface area (Å²) < 4.78 is 1.78. The fourth-order valence-corrected chi connectivity index (χ4v) is 3.29. The number of nitrogens with zero attached hydrogens (tertiary/aromatic N) is 4. The molecular formula is C17H18N6O2S. The zero-order valence-corrected chi connectivity index (χ0v) is 15.4. The molecule has 0 aliphatic carbocycles. The van der Waals surface area contributed by atoms with Crippen molar-refractivity contribution in [2.24, 2.45) is 0 Å². The highest BCUT2D eigenvalue weighted by atomic mass is 32.2. The second-order valence-corrected chi connectivity index (χ2v) is 7.00. The van der Waals surface area contributed by atoms with E-state index in [1.165, 1.54) is 11.8 Å². The van der Waals surface area contributed by atoms with Gasteiger partial charge in [0, 0.05) is 17.4 Å². The topological polar surface area (TPSA) is 101 Å². The Balaban J connectivity index is 1.65. The van der Waals surface area contributed by atoms with Crippen LogP contribution in [-0.4, -0.2) is 36.8 Å². The van der Waals surface area contributed by atoms with Crippen LogP contribution in [0.4, 0.5) is 10.5 Å². The maximum atomic E-state index is 12.3. The summed E-state index contributed by atoms with van der Waals surface area (Å²) in [6, 6.07) is 10.2. The summed E-state index contributed by atoms with van der Waals surface area (Å²) in [4.78, 5) is 28.6. The van der Waals surface area contributed by atoms with Crippen molar-refractivity contribution in [3.8, 4) is 0 Å². The van der Waals surface area contributed by atoms with Gasteiger partial charge in [0.2, 0.25) is 5.91 Å². The molecule has 0 saturated carbocycles. The molecule has 26 heavy (non-hydrogen) atoms. The van der Waals surface area contributed by atoms with Gasteiger partial charge in [-0.15, -0.1) is 10.2 Å². The summed E-state index contributed by atoms with van der Waals surface area (Å²) in [6.07, 6.45) is 0. The molecule has 3 aromatic rings. The molecule has 134 valence electrons. The number of anilines is 1. The predicted molar refractivity (Wildman–Crippen MR) is 99.2 cm³/mol. The van der Waals surface area contributed by atoms with E-state index in [-0.39, 0.29) is 0 Å². The van der Waals surface area contributed by atoms with Crippen LogP contribution in [0, 0.1) is 13.8 Å². The first-order valence-corrected chi connectivity index (χ1v) is 8.85. The number of urea groups is 1. The molecule has 9 heteroatoms. The number of hydrogen-bond acceptors (Lipinski definition) is 6. The molecule has 3 amide bonds. The largest absolute Gasteiger partial charge is 0.325 e. The lowest BCUT2D eigenvalue weighted by Crippen LogP contribution is -2.38. The Bertz CT molecular complexity index is 957. The van der Waals surface area contributed by atoms with Gasteiger partial charge in [0.05, 0.1) is 5.25 Å². The van der Waals surface area contributed by atoms with Crippen LogP contribution in [0.25, 0.3) is 5.65 Å². The molecule has 0 bridgehead atoms. The molecule has 8 nitrogen and oxygen atoms in total. The minimum Gasteiger partial charge on any atom is -0.308 e. The van der Waals surface area contributed by atoms with Crippen molar-refractivity contribution < 1.29 is 9.59 Å². The minimum absolute atomic E-state index is 0.419. The quantitative estimate of drug-likeness (QED) is 0.685. The standard InChI is InChI=1S/C17H18N6O2S/c1-10-9-14-21-22-17(23(14)12(3)18-10)26-11(2)15(24)20-16(25)19-13-7-5-4-6-8-13/h4-9,11H,1-3H3,(H2,19,20,24,25). The van der Waals surface area contributed by atoms with Gasteiger partial charge in [-0.1, -0.05) is 30.0 Å². The summed E-state index contributed by atoms with van der Waals surface area (Å²) in [5, 5.41) is 13.2. The SMILES string of the molecule is Cc1cc2nnc(SC(C)C(=O)NC(=O)Nc3ccccc3)n2c(C)n1. The number of carbonyl (C=O) groups is 2. The fourth-order valence-electron chi connectivity index (χ4n) is 2.39. The molecule has 1 unspecified atom stereocenters. The third-order valence-electron chi connectivity index (χ3n) is 3.58. The summed E-state index contributed by atoms with van der Waals surface area (Å²) in [5.74, 6) is 0.319. The van der Waals surface area contributed by atoms with E-state index in [0.717, 1.165) is 11.5 Å². The van der Waals surface area contributed by atoms with Crippen molar-refractivity contribution in [2.75, 3.05) is 5.32 Å². The molecule has 2 heterocycles. The first-order chi connectivity index (χ1) is 12.4. The van der Waals surface area contributed by atoms with E-state index < -0.39 is 17.2 Å². The van der Waals surface area contributed by atoms with Crippen LogP contribution in [0.3, 0.4) is 0 Å². The van der Waals surface area contributed by atoms with Crippen molar-refractivity contribution in [1.29, 1.82) is 0 Å². The van der Waals surface area contributed by atoms with Crippen molar-refractivity contribution in [3.05, 3.63) is 47.9 Å². The van der Waals surface area contributed by atoms with Crippen LogP contribution < -0.4 is 10.6 Å².